The maximum Gasteiger partial charge on any atom is 0.122 e. The van der Waals surface area contributed by atoms with Crippen molar-refractivity contribution in [3.8, 4) is 5.75 Å². The van der Waals surface area contributed by atoms with Gasteiger partial charge in [0.15, 0.2) is 0 Å². The van der Waals surface area contributed by atoms with Crippen molar-refractivity contribution in [3.63, 3.8) is 0 Å². The number of nitrogens with zero attached hydrogens (tertiary/aromatic N) is 3. The van der Waals surface area contributed by atoms with Gasteiger partial charge in [0.25, 0.3) is 0 Å². The zero-order valence-electron chi connectivity index (χ0n) is 12.8. The predicted molar refractivity (Wildman–Crippen MR) is 86.1 cm³/mol. The van der Waals surface area contributed by atoms with Gasteiger partial charge in [-0.1, -0.05) is 11.6 Å². The summed E-state index contributed by atoms with van der Waals surface area (Å²) < 4.78 is 7.86. The maximum absolute atomic E-state index is 5.93. The van der Waals surface area contributed by atoms with Crippen molar-refractivity contribution in [2.45, 2.75) is 13.3 Å². The molecule has 1 heterocycles. The Bertz CT molecular complexity index is 583. The Labute approximate surface area is 131 Å². The first kappa shape index (κ1) is 15.9. The number of likely N-dealkylation sites (N-methyl/N-ethyl adjacent to an activating group) is 1. The van der Waals surface area contributed by atoms with Gasteiger partial charge < -0.3 is 14.2 Å². The molecule has 1 aromatic carbocycles. The molecule has 1 aromatic heterocycles. The quantitative estimate of drug-likeness (QED) is 0.788. The van der Waals surface area contributed by atoms with Gasteiger partial charge in [-0.3, -0.25) is 0 Å². The van der Waals surface area contributed by atoms with E-state index in [9.17, 15) is 0 Å². The molecule has 0 unspecified atom stereocenters. The van der Waals surface area contributed by atoms with Gasteiger partial charge in [0.05, 0.1) is 0 Å². The van der Waals surface area contributed by atoms with Gasteiger partial charge in [-0.25, -0.2) is 4.98 Å². The van der Waals surface area contributed by atoms with Crippen LogP contribution in [0, 0.1) is 6.92 Å². The third kappa shape index (κ3) is 4.76. The van der Waals surface area contributed by atoms with Crippen molar-refractivity contribution < 1.29 is 4.74 Å². The lowest BCUT2D eigenvalue weighted by Gasteiger charge is -2.17. The molecule has 0 amide bonds. The van der Waals surface area contributed by atoms with E-state index < -0.39 is 0 Å². The number of hydrogen-bond acceptors (Lipinski definition) is 3. The fourth-order valence-corrected chi connectivity index (χ4v) is 2.35. The number of rotatable bonds is 7. The van der Waals surface area contributed by atoms with Crippen LogP contribution in [0.4, 0.5) is 0 Å². The van der Waals surface area contributed by atoms with Crippen molar-refractivity contribution in [3.05, 3.63) is 47.0 Å². The van der Waals surface area contributed by atoms with Crippen molar-refractivity contribution in [1.29, 1.82) is 0 Å². The molecule has 0 N–H and O–H groups in total. The van der Waals surface area contributed by atoms with Crippen molar-refractivity contribution >= 4 is 11.6 Å². The summed E-state index contributed by atoms with van der Waals surface area (Å²) in [4.78, 5) is 6.58. The fourth-order valence-electron chi connectivity index (χ4n) is 2.13. The van der Waals surface area contributed by atoms with Crippen LogP contribution in [0.5, 0.6) is 5.75 Å². The van der Waals surface area contributed by atoms with Crippen LogP contribution in [0.15, 0.2) is 30.6 Å². The molecule has 5 heteroatoms. The summed E-state index contributed by atoms with van der Waals surface area (Å²) in [6.07, 6.45) is 4.75. The van der Waals surface area contributed by atoms with E-state index in [0.717, 1.165) is 41.7 Å². The largest absolute Gasteiger partial charge is 0.492 e. The first-order chi connectivity index (χ1) is 10.1. The minimum atomic E-state index is 0.666. The second kappa shape index (κ2) is 7.48. The molecule has 4 nitrogen and oxygen atoms in total. The molecule has 21 heavy (non-hydrogen) atoms. The van der Waals surface area contributed by atoms with Gasteiger partial charge in [0, 0.05) is 44.0 Å². The SMILES string of the molecule is Cc1cc(Cl)ccc1OCCN(C)CCc1nccn1C. The second-order valence-electron chi connectivity index (χ2n) is 5.27. The summed E-state index contributed by atoms with van der Waals surface area (Å²) in [5.41, 5.74) is 1.07. The van der Waals surface area contributed by atoms with Crippen LogP contribution in [-0.4, -0.2) is 41.2 Å². The minimum Gasteiger partial charge on any atom is -0.492 e. The van der Waals surface area contributed by atoms with E-state index in [1.54, 1.807) is 0 Å². The maximum atomic E-state index is 5.93. The standard InChI is InChI=1S/C16H22ClN3O/c1-13-12-14(17)4-5-15(13)21-11-10-19(2)8-6-16-18-7-9-20(16)3/h4-5,7,9,12H,6,8,10-11H2,1-3H3. The average molecular weight is 308 g/mol. The molecule has 2 rings (SSSR count). The highest BCUT2D eigenvalue weighted by molar-refractivity contribution is 6.30. The topological polar surface area (TPSA) is 30.3 Å². The molecular weight excluding hydrogens is 286 g/mol. The number of hydrogen-bond donors (Lipinski definition) is 0. The van der Waals surface area contributed by atoms with Crippen LogP contribution in [0.25, 0.3) is 0 Å². The summed E-state index contributed by atoms with van der Waals surface area (Å²) in [5, 5.41) is 0.743. The monoisotopic (exact) mass is 307 g/mol. The summed E-state index contributed by atoms with van der Waals surface area (Å²) >= 11 is 5.93. The van der Waals surface area contributed by atoms with E-state index in [2.05, 4.69) is 21.5 Å². The van der Waals surface area contributed by atoms with Crippen molar-refractivity contribution in [2.75, 3.05) is 26.7 Å². The summed E-state index contributed by atoms with van der Waals surface area (Å²) in [6.45, 7) is 4.52. The Morgan fingerprint density at radius 3 is 2.81 bits per heavy atom. The molecule has 0 fully saturated rings. The summed E-state index contributed by atoms with van der Waals surface area (Å²) in [7, 11) is 4.12. The first-order valence-corrected chi connectivity index (χ1v) is 7.48. The van der Waals surface area contributed by atoms with Gasteiger partial charge >= 0.3 is 0 Å². The molecule has 0 aliphatic heterocycles. The molecule has 0 saturated carbocycles. The number of ether oxygens (including phenoxy) is 1. The molecule has 0 saturated heterocycles. The highest BCUT2D eigenvalue weighted by Gasteiger charge is 2.04. The predicted octanol–water partition coefficient (Wildman–Crippen LogP) is 2.94. The highest BCUT2D eigenvalue weighted by Crippen LogP contribution is 2.21. The Hall–Kier alpha value is -1.52. The molecule has 0 aliphatic carbocycles. The zero-order chi connectivity index (χ0) is 15.2. The van der Waals surface area contributed by atoms with Gasteiger partial charge in [0.1, 0.15) is 18.2 Å². The molecule has 0 spiro atoms. The molecule has 0 bridgehead atoms. The molecule has 0 aliphatic rings. The van der Waals surface area contributed by atoms with Gasteiger partial charge in [-0.15, -0.1) is 0 Å². The Morgan fingerprint density at radius 1 is 1.33 bits per heavy atom. The van der Waals surface area contributed by atoms with E-state index in [4.69, 9.17) is 16.3 Å². The van der Waals surface area contributed by atoms with E-state index in [1.807, 2.05) is 44.6 Å². The van der Waals surface area contributed by atoms with E-state index >= 15 is 0 Å². The summed E-state index contributed by atoms with van der Waals surface area (Å²) in [6, 6.07) is 5.70. The number of halogens is 1. The van der Waals surface area contributed by atoms with Gasteiger partial charge in [-0.05, 0) is 37.7 Å². The van der Waals surface area contributed by atoms with Crippen LogP contribution < -0.4 is 4.74 Å². The van der Waals surface area contributed by atoms with E-state index in [0.29, 0.717) is 6.61 Å². The van der Waals surface area contributed by atoms with Crippen molar-refractivity contribution in [1.82, 2.24) is 14.5 Å². The smallest absolute Gasteiger partial charge is 0.122 e. The third-order valence-corrected chi connectivity index (χ3v) is 3.74. The highest BCUT2D eigenvalue weighted by atomic mass is 35.5. The van der Waals surface area contributed by atoms with Crippen LogP contribution in [-0.2, 0) is 13.5 Å². The minimum absolute atomic E-state index is 0.666. The van der Waals surface area contributed by atoms with Gasteiger partial charge in [0.2, 0.25) is 0 Å². The van der Waals surface area contributed by atoms with E-state index in [-0.39, 0.29) is 0 Å². The fraction of sp³-hybridized carbons (Fsp3) is 0.438. The Kier molecular flexibility index (Phi) is 5.65. The van der Waals surface area contributed by atoms with E-state index in [1.165, 1.54) is 0 Å². The number of aryl methyl sites for hydroxylation is 2. The zero-order valence-corrected chi connectivity index (χ0v) is 13.6. The average Bonchev–Trinajstić information content (AvgIpc) is 2.84. The van der Waals surface area contributed by atoms with Crippen LogP contribution in [0.2, 0.25) is 5.02 Å². The Morgan fingerprint density at radius 2 is 2.14 bits per heavy atom. The molecular formula is C16H22ClN3O. The molecule has 0 atom stereocenters. The summed E-state index contributed by atoms with van der Waals surface area (Å²) in [5.74, 6) is 2.01. The van der Waals surface area contributed by atoms with Crippen LogP contribution in [0.1, 0.15) is 11.4 Å². The molecule has 2 aromatic rings. The first-order valence-electron chi connectivity index (χ1n) is 7.10. The number of imidazole rings is 1. The van der Waals surface area contributed by atoms with Crippen LogP contribution >= 0.6 is 11.6 Å². The number of benzene rings is 1. The van der Waals surface area contributed by atoms with Gasteiger partial charge in [-0.2, -0.15) is 0 Å². The lowest BCUT2D eigenvalue weighted by atomic mass is 10.2. The van der Waals surface area contributed by atoms with Crippen LogP contribution in [0.3, 0.4) is 0 Å². The second-order valence-corrected chi connectivity index (χ2v) is 5.70. The molecule has 114 valence electrons. The number of aromatic nitrogens is 2. The Balaban J connectivity index is 1.71. The lowest BCUT2D eigenvalue weighted by molar-refractivity contribution is 0.237. The molecule has 0 radical (unpaired) electrons. The third-order valence-electron chi connectivity index (χ3n) is 3.51. The lowest BCUT2D eigenvalue weighted by Crippen LogP contribution is -2.27. The van der Waals surface area contributed by atoms with Crippen molar-refractivity contribution in [2.24, 2.45) is 7.05 Å². The normalized spacial score (nSPS) is 11.1.